The zero-order valence-corrected chi connectivity index (χ0v) is 30.4. The summed E-state index contributed by atoms with van der Waals surface area (Å²) >= 11 is 0. The largest absolute Gasteiger partial charge is 0.444 e. The summed E-state index contributed by atoms with van der Waals surface area (Å²) < 4.78 is 30.0. The zero-order chi connectivity index (χ0) is 36.5. The summed E-state index contributed by atoms with van der Waals surface area (Å²) in [7, 11) is -3.56. The Morgan fingerprint density at radius 3 is 2.34 bits per heavy atom. The molecule has 270 valence electrons. The number of nitrogens with two attached hydrogens (primary N) is 1. The average molecular weight is 709 g/mol. The number of hydrogen-bond acceptors (Lipinski definition) is 8. The van der Waals surface area contributed by atoms with E-state index in [-0.39, 0.29) is 26.1 Å². The molecular formula is C37H49N4O8P. The third-order valence-electron chi connectivity index (χ3n) is 8.42. The lowest BCUT2D eigenvalue weighted by molar-refractivity contribution is -0.134. The Bertz CT molecular complexity index is 1740. The predicted molar refractivity (Wildman–Crippen MR) is 192 cm³/mol. The summed E-state index contributed by atoms with van der Waals surface area (Å²) in [5.74, 6) is -2.00. The average Bonchev–Trinajstić information content (AvgIpc) is 3.05. The summed E-state index contributed by atoms with van der Waals surface area (Å²) in [5, 5.41) is 11.0. The van der Waals surface area contributed by atoms with Crippen LogP contribution < -0.4 is 27.0 Å². The first-order valence-electron chi connectivity index (χ1n) is 17.0. The second kappa shape index (κ2) is 16.6. The van der Waals surface area contributed by atoms with Crippen molar-refractivity contribution in [3.63, 3.8) is 0 Å². The maximum Gasteiger partial charge on any atom is 0.408 e. The summed E-state index contributed by atoms with van der Waals surface area (Å²) in [6, 6.07) is 18.0. The lowest BCUT2D eigenvalue weighted by Crippen LogP contribution is -2.64. The molecule has 2 atom stereocenters. The Hall–Kier alpha value is -4.25. The van der Waals surface area contributed by atoms with Crippen LogP contribution in [0.25, 0.3) is 10.8 Å². The number of fused-ring (bicyclic) bond motifs is 2. The topological polar surface area (TPSA) is 175 Å². The molecule has 0 aliphatic heterocycles. The van der Waals surface area contributed by atoms with Gasteiger partial charge in [-0.2, -0.15) is 0 Å². The number of benzene rings is 3. The van der Waals surface area contributed by atoms with E-state index in [0.717, 1.165) is 27.5 Å². The first kappa shape index (κ1) is 38.6. The van der Waals surface area contributed by atoms with Crippen molar-refractivity contribution in [2.45, 2.75) is 90.3 Å². The van der Waals surface area contributed by atoms with Gasteiger partial charge in [0, 0.05) is 13.0 Å². The molecule has 13 heteroatoms. The number of ether oxygens (including phenoxy) is 1. The molecule has 1 aliphatic rings. The number of carbonyl (C=O) groups is 4. The number of primary amides is 1. The van der Waals surface area contributed by atoms with E-state index in [0.29, 0.717) is 31.1 Å². The maximum absolute atomic E-state index is 14.2. The molecular weight excluding hydrogens is 659 g/mol. The molecule has 0 radical (unpaired) electrons. The minimum absolute atomic E-state index is 0.0389. The van der Waals surface area contributed by atoms with E-state index in [1.807, 2.05) is 30.3 Å². The van der Waals surface area contributed by atoms with Crippen molar-refractivity contribution >= 4 is 47.5 Å². The highest BCUT2D eigenvalue weighted by molar-refractivity contribution is 7.62. The van der Waals surface area contributed by atoms with Crippen LogP contribution in [0, 0.1) is 0 Å². The molecule has 12 nitrogen and oxygen atoms in total. The molecule has 0 unspecified atom stereocenters. The number of rotatable bonds is 15. The predicted octanol–water partition coefficient (Wildman–Crippen LogP) is 4.59. The second-order valence-electron chi connectivity index (χ2n) is 13.4. The third kappa shape index (κ3) is 9.93. The van der Waals surface area contributed by atoms with Gasteiger partial charge in [0.1, 0.15) is 17.2 Å². The molecule has 3 aromatic carbocycles. The molecule has 0 spiro atoms. The monoisotopic (exact) mass is 708 g/mol. The minimum Gasteiger partial charge on any atom is -0.444 e. The smallest absolute Gasteiger partial charge is 0.408 e. The van der Waals surface area contributed by atoms with Gasteiger partial charge in [-0.15, -0.1) is 0 Å². The van der Waals surface area contributed by atoms with Crippen LogP contribution in [0.2, 0.25) is 0 Å². The normalized spacial score (nSPS) is 16.6. The van der Waals surface area contributed by atoms with Gasteiger partial charge < -0.3 is 35.5 Å². The number of aryl methyl sites for hydroxylation is 2. The standard InChI is InChI=1S/C37H49N4O8P/c1-6-47-50(46,48-7-2)29-18-17-28-24-37(20-19-27(28)22-29,41-35(45)49-36(3,4)5)34(44)40-31(23-32(38)42)33(43)39-21-11-15-26-14-10-13-25-12-8-9-16-30(25)26/h8-10,12-14,16-18,22,31H,6-7,11,15,19-21,23-24H2,1-5H3,(H2,38,42)(H,39,43)(H,40,44)(H,41,45)/t31-,37-/m0/s1. The van der Waals surface area contributed by atoms with E-state index in [4.69, 9.17) is 19.5 Å². The van der Waals surface area contributed by atoms with Crippen LogP contribution in [-0.4, -0.2) is 60.8 Å². The van der Waals surface area contributed by atoms with Crippen LogP contribution in [-0.2, 0) is 52.0 Å². The van der Waals surface area contributed by atoms with Crippen LogP contribution >= 0.6 is 7.60 Å². The van der Waals surface area contributed by atoms with Crippen molar-refractivity contribution in [3.8, 4) is 0 Å². The third-order valence-corrected chi connectivity index (χ3v) is 10.5. The summed E-state index contributed by atoms with van der Waals surface area (Å²) in [5.41, 5.74) is 5.81. The molecule has 0 saturated heterocycles. The van der Waals surface area contributed by atoms with Gasteiger partial charge in [-0.05, 0) is 99.9 Å². The van der Waals surface area contributed by atoms with Crippen molar-refractivity contribution < 1.29 is 37.5 Å². The van der Waals surface area contributed by atoms with Crippen molar-refractivity contribution in [2.75, 3.05) is 19.8 Å². The molecule has 5 N–H and O–H groups in total. The van der Waals surface area contributed by atoms with Crippen molar-refractivity contribution in [1.82, 2.24) is 16.0 Å². The summed E-state index contributed by atoms with van der Waals surface area (Å²) in [6.07, 6.45) is 0.561. The molecule has 0 bridgehead atoms. The lowest BCUT2D eigenvalue weighted by atomic mass is 9.77. The van der Waals surface area contributed by atoms with Gasteiger partial charge in [-0.3, -0.25) is 18.9 Å². The number of nitrogens with one attached hydrogen (secondary N) is 3. The zero-order valence-electron chi connectivity index (χ0n) is 29.5. The fourth-order valence-electron chi connectivity index (χ4n) is 6.16. The fourth-order valence-corrected chi connectivity index (χ4v) is 7.79. The van der Waals surface area contributed by atoms with E-state index in [2.05, 4.69) is 28.1 Å². The molecule has 0 aromatic heterocycles. The highest BCUT2D eigenvalue weighted by Crippen LogP contribution is 2.47. The first-order chi connectivity index (χ1) is 23.7. The number of hydrogen-bond donors (Lipinski definition) is 4. The summed E-state index contributed by atoms with van der Waals surface area (Å²) in [6.45, 7) is 9.29. The molecule has 0 fully saturated rings. The van der Waals surface area contributed by atoms with Gasteiger partial charge in [0.2, 0.25) is 17.7 Å². The van der Waals surface area contributed by atoms with E-state index >= 15 is 0 Å². The van der Waals surface area contributed by atoms with Crippen LogP contribution in [0.1, 0.15) is 70.6 Å². The lowest BCUT2D eigenvalue weighted by Gasteiger charge is -2.39. The Morgan fingerprint density at radius 1 is 0.960 bits per heavy atom. The maximum atomic E-state index is 14.2. The molecule has 3 aromatic rings. The van der Waals surface area contributed by atoms with Gasteiger partial charge >= 0.3 is 13.7 Å². The van der Waals surface area contributed by atoms with Crippen LogP contribution in [0.4, 0.5) is 4.79 Å². The van der Waals surface area contributed by atoms with Crippen molar-refractivity contribution in [3.05, 3.63) is 77.4 Å². The first-order valence-corrected chi connectivity index (χ1v) is 18.6. The number of amides is 4. The van der Waals surface area contributed by atoms with E-state index in [1.54, 1.807) is 52.8 Å². The highest BCUT2D eigenvalue weighted by Gasteiger charge is 2.45. The SMILES string of the molecule is CCOP(=O)(OCC)c1ccc2c(c1)CC[C@@](NC(=O)OC(C)(C)C)(C(=O)N[C@@H](CC(N)=O)C(=O)NCCCc1cccc3ccccc13)C2. The molecule has 1 aliphatic carbocycles. The van der Waals surface area contributed by atoms with E-state index in [1.165, 1.54) is 0 Å². The van der Waals surface area contributed by atoms with Crippen LogP contribution in [0.3, 0.4) is 0 Å². The highest BCUT2D eigenvalue weighted by atomic mass is 31.2. The van der Waals surface area contributed by atoms with E-state index in [9.17, 15) is 23.7 Å². The molecule has 0 saturated carbocycles. The molecule has 50 heavy (non-hydrogen) atoms. The van der Waals surface area contributed by atoms with Gasteiger partial charge in [0.05, 0.1) is 24.9 Å². The Balaban J connectivity index is 1.52. The molecule has 0 heterocycles. The van der Waals surface area contributed by atoms with Gasteiger partial charge in [-0.1, -0.05) is 48.5 Å². The Kier molecular flexibility index (Phi) is 12.8. The molecule has 4 amide bonds. The number of carbonyl (C=O) groups excluding carboxylic acids is 4. The van der Waals surface area contributed by atoms with Crippen molar-refractivity contribution in [2.24, 2.45) is 5.73 Å². The Labute approximate surface area is 293 Å². The van der Waals surface area contributed by atoms with Gasteiger partial charge in [0.15, 0.2) is 0 Å². The number of alkyl carbamates (subject to hydrolysis) is 1. The van der Waals surface area contributed by atoms with Crippen LogP contribution in [0.5, 0.6) is 0 Å². The van der Waals surface area contributed by atoms with Crippen LogP contribution in [0.15, 0.2) is 60.7 Å². The van der Waals surface area contributed by atoms with Gasteiger partial charge in [-0.25, -0.2) is 4.79 Å². The molecule has 4 rings (SSSR count). The van der Waals surface area contributed by atoms with Gasteiger partial charge in [0.25, 0.3) is 0 Å². The quantitative estimate of drug-likeness (QED) is 0.131. The van der Waals surface area contributed by atoms with E-state index < -0.39 is 55.0 Å². The minimum atomic E-state index is -3.56. The second-order valence-corrected chi connectivity index (χ2v) is 15.4. The fraction of sp³-hybridized carbons (Fsp3) is 0.459. The Morgan fingerprint density at radius 2 is 1.66 bits per heavy atom. The summed E-state index contributed by atoms with van der Waals surface area (Å²) in [4.78, 5) is 52.7. The van der Waals surface area contributed by atoms with Crippen molar-refractivity contribution in [1.29, 1.82) is 0 Å².